The van der Waals surface area contributed by atoms with E-state index in [-0.39, 0.29) is 16.4 Å². The molecule has 2 nitrogen and oxygen atoms in total. The average molecular weight is 285 g/mol. The van der Waals surface area contributed by atoms with E-state index in [1.54, 1.807) is 0 Å². The zero-order valence-electron chi connectivity index (χ0n) is 15.5. The van der Waals surface area contributed by atoms with Crippen LogP contribution < -0.4 is 11.5 Å². The summed E-state index contributed by atoms with van der Waals surface area (Å²) in [5.41, 5.74) is 13.1. The summed E-state index contributed by atoms with van der Waals surface area (Å²) >= 11 is 0. The van der Waals surface area contributed by atoms with Crippen molar-refractivity contribution in [2.45, 2.75) is 80.7 Å². The number of nitrogens with two attached hydrogens (primary N) is 2. The molecule has 4 N–H and O–H groups in total. The molecule has 0 aliphatic rings. The molecule has 0 heterocycles. The predicted molar refractivity (Wildman–Crippen MR) is 91.6 cm³/mol. The van der Waals surface area contributed by atoms with E-state index in [2.05, 4.69) is 62.3 Å². The van der Waals surface area contributed by atoms with Gasteiger partial charge in [0.1, 0.15) is 0 Å². The molecule has 3 unspecified atom stereocenters. The van der Waals surface area contributed by atoms with Crippen LogP contribution >= 0.6 is 0 Å². The molecule has 0 bridgehead atoms. The quantitative estimate of drug-likeness (QED) is 0.758. The Balaban J connectivity index is 5.55. The van der Waals surface area contributed by atoms with E-state index in [9.17, 15) is 0 Å². The average Bonchev–Trinajstić information content (AvgIpc) is 2.30. The third-order valence-electron chi connectivity index (χ3n) is 5.79. The third-order valence-corrected chi connectivity index (χ3v) is 5.79. The van der Waals surface area contributed by atoms with Crippen molar-refractivity contribution in [2.24, 2.45) is 40.1 Å². The van der Waals surface area contributed by atoms with Gasteiger partial charge in [0.15, 0.2) is 0 Å². The van der Waals surface area contributed by atoms with Gasteiger partial charge in [-0.05, 0) is 48.0 Å². The van der Waals surface area contributed by atoms with Gasteiger partial charge in [0.05, 0.1) is 0 Å². The van der Waals surface area contributed by atoms with E-state index < -0.39 is 0 Å². The summed E-state index contributed by atoms with van der Waals surface area (Å²) in [5.74, 6) is 1.39. The fourth-order valence-corrected chi connectivity index (χ4v) is 3.40. The lowest BCUT2D eigenvalue weighted by atomic mass is 9.55. The first-order chi connectivity index (χ1) is 8.79. The van der Waals surface area contributed by atoms with Crippen LogP contribution in [0, 0.1) is 28.6 Å². The van der Waals surface area contributed by atoms with Crippen LogP contribution in [0.3, 0.4) is 0 Å². The minimum Gasteiger partial charge on any atom is -0.330 e. The summed E-state index contributed by atoms with van der Waals surface area (Å²) in [7, 11) is 0. The van der Waals surface area contributed by atoms with Crippen LogP contribution in [0.2, 0.25) is 0 Å². The van der Waals surface area contributed by atoms with Crippen LogP contribution in [0.15, 0.2) is 0 Å². The van der Waals surface area contributed by atoms with Gasteiger partial charge in [0.2, 0.25) is 0 Å². The molecule has 20 heavy (non-hydrogen) atoms. The topological polar surface area (TPSA) is 52.0 Å². The molecule has 0 rings (SSSR count). The molecule has 2 heteroatoms. The maximum Gasteiger partial charge on any atom is 0.0242 e. The van der Waals surface area contributed by atoms with Crippen molar-refractivity contribution in [3.8, 4) is 0 Å². The molecule has 3 atom stereocenters. The monoisotopic (exact) mass is 284 g/mol. The Morgan fingerprint density at radius 3 is 1.40 bits per heavy atom. The number of rotatable bonds is 6. The van der Waals surface area contributed by atoms with E-state index in [1.165, 1.54) is 0 Å². The van der Waals surface area contributed by atoms with Crippen LogP contribution in [0.25, 0.3) is 0 Å². The zero-order valence-corrected chi connectivity index (χ0v) is 15.5. The maximum absolute atomic E-state index is 7.10. The molecule has 0 amide bonds. The largest absolute Gasteiger partial charge is 0.330 e. The molecular formula is C18H40N2. The summed E-state index contributed by atoms with van der Waals surface area (Å²) in [6.07, 6.45) is 2.18. The van der Waals surface area contributed by atoms with Crippen molar-refractivity contribution >= 4 is 0 Å². The van der Waals surface area contributed by atoms with Gasteiger partial charge in [0, 0.05) is 5.54 Å². The summed E-state index contributed by atoms with van der Waals surface area (Å²) in [6.45, 7) is 21.6. The van der Waals surface area contributed by atoms with Crippen LogP contribution in [-0.4, -0.2) is 12.1 Å². The third kappa shape index (κ3) is 4.46. The highest BCUT2D eigenvalue weighted by Gasteiger charge is 2.49. The predicted octanol–water partition coefficient (Wildman–Crippen LogP) is 4.42. The second-order valence-electron chi connectivity index (χ2n) is 9.01. The van der Waals surface area contributed by atoms with Crippen LogP contribution in [0.5, 0.6) is 0 Å². The molecule has 0 saturated carbocycles. The first-order valence-corrected chi connectivity index (χ1v) is 8.28. The van der Waals surface area contributed by atoms with Crippen molar-refractivity contribution in [3.63, 3.8) is 0 Å². The highest BCUT2D eigenvalue weighted by molar-refractivity contribution is 5.04. The molecule has 0 radical (unpaired) electrons. The van der Waals surface area contributed by atoms with Crippen molar-refractivity contribution < 1.29 is 0 Å². The van der Waals surface area contributed by atoms with Crippen molar-refractivity contribution in [1.29, 1.82) is 0 Å². The van der Waals surface area contributed by atoms with Gasteiger partial charge < -0.3 is 11.5 Å². The Kier molecular flexibility index (Phi) is 6.76. The normalized spacial score (nSPS) is 21.1. The molecule has 0 spiro atoms. The van der Waals surface area contributed by atoms with Gasteiger partial charge in [-0.2, -0.15) is 0 Å². The Hall–Kier alpha value is -0.0800. The molecule has 0 aromatic heterocycles. The lowest BCUT2D eigenvalue weighted by molar-refractivity contribution is 0.00254. The Bertz CT molecular complexity index is 263. The summed E-state index contributed by atoms with van der Waals surface area (Å²) < 4.78 is 0. The number of hydrogen-bond acceptors (Lipinski definition) is 2. The highest BCUT2D eigenvalue weighted by atomic mass is 14.8. The molecule has 0 saturated heterocycles. The molecule has 122 valence electrons. The lowest BCUT2D eigenvalue weighted by Gasteiger charge is -2.54. The Labute approximate surface area is 128 Å². The number of hydrogen-bond donors (Lipinski definition) is 2. The maximum atomic E-state index is 7.10. The molecular weight excluding hydrogens is 244 g/mol. The van der Waals surface area contributed by atoms with E-state index >= 15 is 0 Å². The second-order valence-corrected chi connectivity index (χ2v) is 9.01. The highest BCUT2D eigenvalue weighted by Crippen LogP contribution is 2.47. The second kappa shape index (κ2) is 6.79. The van der Waals surface area contributed by atoms with Crippen LogP contribution in [0.4, 0.5) is 0 Å². The first kappa shape index (κ1) is 19.9. The van der Waals surface area contributed by atoms with E-state index in [0.29, 0.717) is 17.8 Å². The molecule has 0 fully saturated rings. The van der Waals surface area contributed by atoms with E-state index in [1.807, 2.05) is 0 Å². The van der Waals surface area contributed by atoms with E-state index in [4.69, 9.17) is 11.5 Å². The molecule has 0 aliphatic carbocycles. The standard InChI is InChI=1S/C18H40N2/c1-13(11-10-12-19)18(20,14(2)16(4,5)6)15(3)17(7,8)9/h13-15H,10-12,19-20H2,1-9H3. The van der Waals surface area contributed by atoms with Gasteiger partial charge in [-0.25, -0.2) is 0 Å². The van der Waals surface area contributed by atoms with Crippen molar-refractivity contribution in [2.75, 3.05) is 6.54 Å². The van der Waals surface area contributed by atoms with Gasteiger partial charge in [-0.15, -0.1) is 0 Å². The minimum absolute atomic E-state index is 0.161. The molecule has 0 aliphatic heterocycles. The summed E-state index contributed by atoms with van der Waals surface area (Å²) in [6, 6.07) is 0. The van der Waals surface area contributed by atoms with Gasteiger partial charge in [0.25, 0.3) is 0 Å². The Morgan fingerprint density at radius 2 is 1.15 bits per heavy atom. The summed E-state index contributed by atoms with van der Waals surface area (Å²) in [4.78, 5) is 0. The smallest absolute Gasteiger partial charge is 0.0242 e. The van der Waals surface area contributed by atoms with Crippen molar-refractivity contribution in [1.82, 2.24) is 0 Å². The fourth-order valence-electron chi connectivity index (χ4n) is 3.40. The van der Waals surface area contributed by atoms with Gasteiger partial charge in [-0.1, -0.05) is 62.3 Å². The molecule has 0 aromatic rings. The minimum atomic E-state index is -0.161. The fraction of sp³-hybridized carbons (Fsp3) is 1.00. The molecule has 0 aromatic carbocycles. The SMILES string of the molecule is CC(CCCN)C(N)(C(C)C(C)(C)C)C(C)C(C)(C)C. The van der Waals surface area contributed by atoms with Gasteiger partial charge in [-0.3, -0.25) is 0 Å². The van der Waals surface area contributed by atoms with Crippen LogP contribution in [-0.2, 0) is 0 Å². The zero-order chi connectivity index (χ0) is 16.4. The van der Waals surface area contributed by atoms with E-state index in [0.717, 1.165) is 19.4 Å². The summed E-state index contributed by atoms with van der Waals surface area (Å²) in [5, 5.41) is 0. The van der Waals surface area contributed by atoms with Gasteiger partial charge >= 0.3 is 0 Å². The van der Waals surface area contributed by atoms with Crippen LogP contribution in [0.1, 0.15) is 75.2 Å². The first-order valence-electron chi connectivity index (χ1n) is 8.28. The lowest BCUT2D eigenvalue weighted by Crippen LogP contribution is -2.62. The van der Waals surface area contributed by atoms with Crippen molar-refractivity contribution in [3.05, 3.63) is 0 Å². The Morgan fingerprint density at radius 1 is 0.800 bits per heavy atom.